The number of carbonyl (C=O) groups is 1. The summed E-state index contributed by atoms with van der Waals surface area (Å²) in [6.45, 7) is 0.450. The summed E-state index contributed by atoms with van der Waals surface area (Å²) >= 11 is 0. The number of benzene rings is 4. The fraction of sp³-hybridized carbons (Fsp3) is 0.190. The van der Waals surface area contributed by atoms with Gasteiger partial charge < -0.3 is 5.32 Å². The number of rotatable bonds is 5. The molecule has 4 aromatic carbocycles. The number of hydrogen-bond acceptors (Lipinski definition) is 2. The van der Waals surface area contributed by atoms with Crippen LogP contribution in [0.2, 0.25) is 0 Å². The minimum Gasteiger partial charge on any atom is -0.313 e. The first-order valence-electron chi connectivity index (χ1n) is 8.09. The predicted molar refractivity (Wildman–Crippen MR) is 97.4 cm³/mol. The van der Waals surface area contributed by atoms with Gasteiger partial charge in [-0.15, -0.1) is 0 Å². The lowest BCUT2D eigenvalue weighted by Crippen LogP contribution is -2.18. The Hall–Kier alpha value is -2.45. The van der Waals surface area contributed by atoms with E-state index in [1.54, 1.807) is 0 Å². The Morgan fingerprint density at radius 2 is 1.52 bits per heavy atom. The van der Waals surface area contributed by atoms with Gasteiger partial charge in [0.25, 0.3) is 0 Å². The molecule has 23 heavy (non-hydrogen) atoms. The molecule has 0 amide bonds. The van der Waals surface area contributed by atoms with E-state index in [-0.39, 0.29) is 5.78 Å². The van der Waals surface area contributed by atoms with Crippen LogP contribution in [0.25, 0.3) is 32.3 Å². The maximum absolute atomic E-state index is 11.8. The number of hydrogen-bond donors (Lipinski definition) is 1. The second-order valence-electron chi connectivity index (χ2n) is 6.15. The van der Waals surface area contributed by atoms with Crippen LogP contribution in [0.15, 0.2) is 54.6 Å². The smallest absolute Gasteiger partial charge is 0.146 e. The molecule has 0 unspecified atom stereocenters. The van der Waals surface area contributed by atoms with Crippen molar-refractivity contribution in [1.29, 1.82) is 0 Å². The van der Waals surface area contributed by atoms with E-state index in [1.165, 1.54) is 37.9 Å². The van der Waals surface area contributed by atoms with Gasteiger partial charge in [0.1, 0.15) is 5.78 Å². The van der Waals surface area contributed by atoms with E-state index in [9.17, 15) is 4.79 Å². The lowest BCUT2D eigenvalue weighted by molar-refractivity contribution is -0.118. The molecule has 114 valence electrons. The van der Waals surface area contributed by atoms with Crippen molar-refractivity contribution in [1.82, 2.24) is 5.32 Å². The number of likely N-dealkylation sites (N-methyl/N-ethyl adjacent to an activating group) is 1. The highest BCUT2D eigenvalue weighted by molar-refractivity contribution is 6.23. The molecule has 0 spiro atoms. The zero-order valence-electron chi connectivity index (χ0n) is 13.2. The van der Waals surface area contributed by atoms with E-state index in [0.29, 0.717) is 13.0 Å². The second kappa shape index (κ2) is 5.64. The summed E-state index contributed by atoms with van der Waals surface area (Å²) in [5.41, 5.74) is 1.26. The topological polar surface area (TPSA) is 29.1 Å². The Bertz CT molecular complexity index is 987. The Labute approximate surface area is 135 Å². The standard InChI is InChI=1S/C21H19NO/c1-22-13-18(23)11-9-14-5-6-17-8-7-15-3-2-4-16-10-12-19(14)21(17)20(15)16/h2-8,10,12,22H,9,11,13H2,1H3. The van der Waals surface area contributed by atoms with Crippen LogP contribution in [0, 0.1) is 0 Å². The molecule has 2 heteroatoms. The molecule has 0 fully saturated rings. The third-order valence-corrected chi connectivity index (χ3v) is 4.67. The molecule has 0 bridgehead atoms. The Balaban J connectivity index is 1.88. The van der Waals surface area contributed by atoms with E-state index in [0.717, 1.165) is 6.42 Å². The average Bonchev–Trinajstić information content (AvgIpc) is 2.58. The van der Waals surface area contributed by atoms with Crippen LogP contribution in [0.5, 0.6) is 0 Å². The molecule has 0 saturated carbocycles. The van der Waals surface area contributed by atoms with Crippen LogP contribution in [0.3, 0.4) is 0 Å². The van der Waals surface area contributed by atoms with Gasteiger partial charge in [0.05, 0.1) is 6.54 Å². The van der Waals surface area contributed by atoms with Gasteiger partial charge in [-0.3, -0.25) is 4.79 Å². The molecular formula is C21H19NO. The summed E-state index contributed by atoms with van der Waals surface area (Å²) in [5, 5.41) is 10.7. The van der Waals surface area contributed by atoms with Gasteiger partial charge >= 0.3 is 0 Å². The van der Waals surface area contributed by atoms with Crippen molar-refractivity contribution >= 4 is 38.1 Å². The van der Waals surface area contributed by atoms with E-state index < -0.39 is 0 Å². The number of aryl methyl sites for hydroxylation is 1. The number of Topliss-reactive ketones (excluding diaryl/α,β-unsaturated/α-hetero) is 1. The molecule has 0 radical (unpaired) electrons. The largest absolute Gasteiger partial charge is 0.313 e. The zero-order chi connectivity index (χ0) is 15.8. The Kier molecular flexibility index (Phi) is 3.47. The van der Waals surface area contributed by atoms with Crippen molar-refractivity contribution in [2.45, 2.75) is 12.8 Å². The van der Waals surface area contributed by atoms with Crippen molar-refractivity contribution in [2.24, 2.45) is 0 Å². The molecule has 0 aromatic heterocycles. The monoisotopic (exact) mass is 301 g/mol. The van der Waals surface area contributed by atoms with Crippen molar-refractivity contribution in [3.05, 3.63) is 60.2 Å². The first-order valence-corrected chi connectivity index (χ1v) is 8.09. The minimum absolute atomic E-state index is 0.262. The number of carbonyl (C=O) groups excluding carboxylic acids is 1. The highest BCUT2D eigenvalue weighted by atomic mass is 16.1. The molecule has 0 atom stereocenters. The highest BCUT2D eigenvalue weighted by Crippen LogP contribution is 2.36. The van der Waals surface area contributed by atoms with Gasteiger partial charge in [0.2, 0.25) is 0 Å². The molecule has 0 aliphatic heterocycles. The summed E-state index contributed by atoms with van der Waals surface area (Å²) < 4.78 is 0. The van der Waals surface area contributed by atoms with Crippen molar-refractivity contribution in [3.63, 3.8) is 0 Å². The SMILES string of the molecule is CNCC(=O)CCc1ccc2ccc3cccc4ccc1c2c34. The van der Waals surface area contributed by atoms with Gasteiger partial charge in [-0.25, -0.2) is 0 Å². The average molecular weight is 301 g/mol. The molecule has 4 rings (SSSR count). The van der Waals surface area contributed by atoms with Gasteiger partial charge in [-0.1, -0.05) is 54.6 Å². The first kappa shape index (κ1) is 14.2. The maximum Gasteiger partial charge on any atom is 0.146 e. The van der Waals surface area contributed by atoms with Gasteiger partial charge in [0.15, 0.2) is 0 Å². The van der Waals surface area contributed by atoms with Crippen LogP contribution in [-0.4, -0.2) is 19.4 Å². The first-order chi connectivity index (χ1) is 11.3. The second-order valence-corrected chi connectivity index (χ2v) is 6.15. The summed E-state index contributed by atoms with van der Waals surface area (Å²) in [5.74, 6) is 0.262. The zero-order valence-corrected chi connectivity index (χ0v) is 13.2. The van der Waals surface area contributed by atoms with Gasteiger partial charge in [0, 0.05) is 6.42 Å². The third kappa shape index (κ3) is 2.36. The van der Waals surface area contributed by atoms with E-state index in [2.05, 4.69) is 59.9 Å². The van der Waals surface area contributed by atoms with Crippen LogP contribution in [-0.2, 0) is 11.2 Å². The minimum atomic E-state index is 0.262. The Morgan fingerprint density at radius 1 is 0.870 bits per heavy atom. The Morgan fingerprint density at radius 3 is 2.26 bits per heavy atom. The fourth-order valence-electron chi connectivity index (χ4n) is 3.57. The predicted octanol–water partition coefficient (Wildman–Crippen LogP) is 4.31. The highest BCUT2D eigenvalue weighted by Gasteiger charge is 2.11. The summed E-state index contributed by atoms with van der Waals surface area (Å²) in [6.07, 6.45) is 1.39. The molecule has 0 heterocycles. The van der Waals surface area contributed by atoms with Crippen molar-refractivity contribution in [2.75, 3.05) is 13.6 Å². The van der Waals surface area contributed by atoms with E-state index >= 15 is 0 Å². The quantitative estimate of drug-likeness (QED) is 0.557. The van der Waals surface area contributed by atoms with Gasteiger partial charge in [-0.05, 0) is 51.3 Å². The van der Waals surface area contributed by atoms with Crippen LogP contribution >= 0.6 is 0 Å². The summed E-state index contributed by atoms with van der Waals surface area (Å²) in [7, 11) is 1.81. The summed E-state index contributed by atoms with van der Waals surface area (Å²) in [6, 6.07) is 19.6. The number of nitrogens with one attached hydrogen (secondary N) is 1. The maximum atomic E-state index is 11.8. The molecule has 2 nitrogen and oxygen atoms in total. The normalized spacial score (nSPS) is 11.7. The van der Waals surface area contributed by atoms with Crippen LogP contribution in [0.1, 0.15) is 12.0 Å². The van der Waals surface area contributed by atoms with Crippen molar-refractivity contribution in [3.8, 4) is 0 Å². The summed E-state index contributed by atoms with van der Waals surface area (Å²) in [4.78, 5) is 11.8. The lowest BCUT2D eigenvalue weighted by atomic mass is 9.90. The lowest BCUT2D eigenvalue weighted by Gasteiger charge is -2.13. The fourth-order valence-corrected chi connectivity index (χ4v) is 3.57. The number of ketones is 1. The van der Waals surface area contributed by atoms with E-state index in [1.807, 2.05) is 7.05 Å². The molecule has 1 N–H and O–H groups in total. The van der Waals surface area contributed by atoms with Gasteiger partial charge in [-0.2, -0.15) is 0 Å². The molecule has 4 aromatic rings. The van der Waals surface area contributed by atoms with E-state index in [4.69, 9.17) is 0 Å². The molecule has 0 aliphatic carbocycles. The van der Waals surface area contributed by atoms with Crippen LogP contribution in [0.4, 0.5) is 0 Å². The molecular weight excluding hydrogens is 282 g/mol. The van der Waals surface area contributed by atoms with Crippen LogP contribution < -0.4 is 5.32 Å². The molecule has 0 aliphatic rings. The van der Waals surface area contributed by atoms with Crippen molar-refractivity contribution < 1.29 is 4.79 Å². The molecule has 0 saturated heterocycles. The third-order valence-electron chi connectivity index (χ3n) is 4.67.